The van der Waals surface area contributed by atoms with Crippen LogP contribution in [0.4, 0.5) is 0 Å². The molecule has 6 heteroatoms. The lowest BCUT2D eigenvalue weighted by Crippen LogP contribution is -2.20. The molecule has 0 bridgehead atoms. The van der Waals surface area contributed by atoms with Gasteiger partial charge in [0.2, 0.25) is 0 Å². The first-order chi connectivity index (χ1) is 7.95. The molecule has 0 spiro atoms. The molecule has 108 valence electrons. The van der Waals surface area contributed by atoms with Crippen LogP contribution in [-0.4, -0.2) is 70.3 Å². The lowest BCUT2D eigenvalue weighted by atomic mass is 9.97. The zero-order valence-electron chi connectivity index (χ0n) is 10.8. The predicted octanol–water partition coefficient (Wildman–Crippen LogP) is -1.28. The van der Waals surface area contributed by atoms with E-state index in [2.05, 4.69) is 0 Å². The van der Waals surface area contributed by atoms with Crippen molar-refractivity contribution < 1.29 is 30.6 Å². The van der Waals surface area contributed by atoms with Crippen LogP contribution >= 0.6 is 0 Å². The number of hydrogen-bond donors (Lipinski definition) is 6. The summed E-state index contributed by atoms with van der Waals surface area (Å²) in [5.41, 5.74) is -0.306. The molecule has 0 aliphatic carbocycles. The Kier molecular flexibility index (Phi) is 23.5. The summed E-state index contributed by atoms with van der Waals surface area (Å²) in [4.78, 5) is 0. The minimum Gasteiger partial charge on any atom is -0.396 e. The Balaban J connectivity index is -0.000000180. The number of hydrogen-bond acceptors (Lipinski definition) is 6. The molecule has 0 aromatic heterocycles. The fourth-order valence-corrected chi connectivity index (χ4v) is 0.274. The first-order valence-electron chi connectivity index (χ1n) is 5.60. The van der Waals surface area contributed by atoms with E-state index >= 15 is 0 Å². The summed E-state index contributed by atoms with van der Waals surface area (Å²) in [6, 6.07) is 0. The molecule has 0 heterocycles. The Hall–Kier alpha value is -0.240. The van der Waals surface area contributed by atoms with E-state index in [1.54, 1.807) is 13.8 Å². The van der Waals surface area contributed by atoms with Gasteiger partial charge in [-0.05, 0) is 12.8 Å². The smallest absolute Gasteiger partial charge is 0.0662 e. The molecular weight excluding hydrogens is 228 g/mol. The molecule has 0 saturated heterocycles. The summed E-state index contributed by atoms with van der Waals surface area (Å²) in [6.07, 6.45) is 1.44. The van der Waals surface area contributed by atoms with E-state index in [1.807, 2.05) is 0 Å². The van der Waals surface area contributed by atoms with E-state index in [9.17, 15) is 0 Å². The normalized spacial score (nSPS) is 9.88. The van der Waals surface area contributed by atoms with Crippen molar-refractivity contribution in [3.05, 3.63) is 0 Å². The highest BCUT2D eigenvalue weighted by atomic mass is 16.3. The maximum absolute atomic E-state index is 8.43. The van der Waals surface area contributed by atoms with Crippen LogP contribution < -0.4 is 0 Å². The maximum atomic E-state index is 8.43. The molecule has 0 fully saturated rings. The van der Waals surface area contributed by atoms with Crippen molar-refractivity contribution in [3.8, 4) is 0 Å². The third-order valence-electron chi connectivity index (χ3n) is 1.52. The molecule has 0 unspecified atom stereocenters. The largest absolute Gasteiger partial charge is 0.396 e. The fraction of sp³-hybridized carbons (Fsp3) is 1.00. The van der Waals surface area contributed by atoms with E-state index in [1.165, 1.54) is 0 Å². The van der Waals surface area contributed by atoms with Crippen LogP contribution in [0.3, 0.4) is 0 Å². The van der Waals surface area contributed by atoms with E-state index in [4.69, 9.17) is 30.6 Å². The Labute approximate surface area is 103 Å². The maximum Gasteiger partial charge on any atom is 0.0662 e. The second kappa shape index (κ2) is 18.1. The van der Waals surface area contributed by atoms with Gasteiger partial charge in [-0.1, -0.05) is 13.8 Å². The van der Waals surface area contributed by atoms with E-state index < -0.39 is 0 Å². The Bertz CT molecular complexity index is 107. The van der Waals surface area contributed by atoms with Gasteiger partial charge in [0, 0.05) is 18.6 Å². The van der Waals surface area contributed by atoms with Gasteiger partial charge in [0.25, 0.3) is 0 Å². The standard InChI is InChI=1S/C5H12O2.C4H10O2.C2H6O2/c1-5(2,3-6)4-7;5-3-1-2-4-6;3-1-2-4/h6-7H,3-4H2,1-2H3;5-6H,1-4H2;3-4H,1-2H2. The first-order valence-corrected chi connectivity index (χ1v) is 5.60. The van der Waals surface area contributed by atoms with Gasteiger partial charge < -0.3 is 30.6 Å². The van der Waals surface area contributed by atoms with Gasteiger partial charge in [-0.2, -0.15) is 0 Å². The summed E-state index contributed by atoms with van der Waals surface area (Å²) < 4.78 is 0. The predicted molar refractivity (Wildman–Crippen MR) is 65.5 cm³/mol. The zero-order valence-corrected chi connectivity index (χ0v) is 10.8. The van der Waals surface area contributed by atoms with Crippen molar-refractivity contribution >= 4 is 0 Å². The van der Waals surface area contributed by atoms with E-state index in [0.29, 0.717) is 0 Å². The summed E-state index contributed by atoms with van der Waals surface area (Å²) >= 11 is 0. The third-order valence-corrected chi connectivity index (χ3v) is 1.52. The molecule has 0 aliphatic heterocycles. The van der Waals surface area contributed by atoms with Crippen molar-refractivity contribution in [2.45, 2.75) is 26.7 Å². The second-order valence-electron chi connectivity index (χ2n) is 4.08. The van der Waals surface area contributed by atoms with Crippen molar-refractivity contribution in [2.75, 3.05) is 39.6 Å². The Morgan fingerprint density at radius 1 is 0.588 bits per heavy atom. The fourth-order valence-electron chi connectivity index (χ4n) is 0.274. The number of aliphatic hydroxyl groups is 6. The molecule has 6 nitrogen and oxygen atoms in total. The minimum atomic E-state index is -0.306. The lowest BCUT2D eigenvalue weighted by molar-refractivity contribution is 0.0857. The molecule has 0 aromatic carbocycles. The van der Waals surface area contributed by atoms with Gasteiger partial charge in [-0.15, -0.1) is 0 Å². The monoisotopic (exact) mass is 256 g/mol. The van der Waals surface area contributed by atoms with Crippen LogP contribution in [-0.2, 0) is 0 Å². The average Bonchev–Trinajstić information content (AvgIpc) is 2.37. The summed E-state index contributed by atoms with van der Waals surface area (Å²) in [7, 11) is 0. The van der Waals surface area contributed by atoms with E-state index in [0.717, 1.165) is 12.8 Å². The number of aliphatic hydroxyl groups excluding tert-OH is 6. The molecule has 0 aliphatic rings. The van der Waals surface area contributed by atoms with Crippen molar-refractivity contribution in [3.63, 3.8) is 0 Å². The van der Waals surface area contributed by atoms with Gasteiger partial charge in [-0.25, -0.2) is 0 Å². The molecule has 0 amide bonds. The second-order valence-corrected chi connectivity index (χ2v) is 4.08. The van der Waals surface area contributed by atoms with Crippen molar-refractivity contribution in [1.29, 1.82) is 0 Å². The lowest BCUT2D eigenvalue weighted by Gasteiger charge is -2.16. The third kappa shape index (κ3) is 31.3. The summed E-state index contributed by atoms with van der Waals surface area (Å²) in [6.45, 7) is 3.83. The zero-order chi connectivity index (χ0) is 14.2. The molecule has 17 heavy (non-hydrogen) atoms. The number of rotatable bonds is 6. The van der Waals surface area contributed by atoms with E-state index in [-0.39, 0.29) is 45.1 Å². The van der Waals surface area contributed by atoms with Gasteiger partial charge in [0.05, 0.1) is 26.4 Å². The molecule has 0 saturated carbocycles. The van der Waals surface area contributed by atoms with Gasteiger partial charge in [0.1, 0.15) is 0 Å². The molecule has 0 aromatic rings. The molecule has 6 N–H and O–H groups in total. The Morgan fingerprint density at radius 2 is 0.882 bits per heavy atom. The average molecular weight is 256 g/mol. The molecule has 0 rings (SSSR count). The molecular formula is C11H28O6. The molecule has 0 radical (unpaired) electrons. The highest BCUT2D eigenvalue weighted by Gasteiger charge is 2.13. The van der Waals surface area contributed by atoms with Crippen LogP contribution in [0.15, 0.2) is 0 Å². The first kappa shape index (κ1) is 22.0. The number of unbranched alkanes of at least 4 members (excludes halogenated alkanes) is 1. The van der Waals surface area contributed by atoms with Crippen molar-refractivity contribution in [2.24, 2.45) is 5.41 Å². The SMILES string of the molecule is CC(C)(CO)CO.OCCCCO.OCCO. The van der Waals surface area contributed by atoms with Gasteiger partial charge >= 0.3 is 0 Å². The minimum absolute atomic E-state index is 0.0451. The van der Waals surface area contributed by atoms with Crippen LogP contribution in [0.1, 0.15) is 26.7 Å². The quantitative estimate of drug-likeness (QED) is 0.329. The summed E-state index contributed by atoms with van der Waals surface area (Å²) in [5.74, 6) is 0. The van der Waals surface area contributed by atoms with Crippen molar-refractivity contribution in [1.82, 2.24) is 0 Å². The Morgan fingerprint density at radius 3 is 0.941 bits per heavy atom. The van der Waals surface area contributed by atoms with Gasteiger partial charge in [-0.3, -0.25) is 0 Å². The topological polar surface area (TPSA) is 121 Å². The summed E-state index contributed by atoms with van der Waals surface area (Å²) in [5, 5.41) is 48.3. The highest BCUT2D eigenvalue weighted by molar-refractivity contribution is 4.62. The van der Waals surface area contributed by atoms with Crippen LogP contribution in [0.5, 0.6) is 0 Å². The van der Waals surface area contributed by atoms with Gasteiger partial charge in [0.15, 0.2) is 0 Å². The highest BCUT2D eigenvalue weighted by Crippen LogP contribution is 2.10. The van der Waals surface area contributed by atoms with Crippen LogP contribution in [0, 0.1) is 5.41 Å². The van der Waals surface area contributed by atoms with Crippen LogP contribution in [0.2, 0.25) is 0 Å². The molecule has 0 atom stereocenters. The van der Waals surface area contributed by atoms with Crippen LogP contribution in [0.25, 0.3) is 0 Å².